The van der Waals surface area contributed by atoms with Gasteiger partial charge in [0.15, 0.2) is 0 Å². The van der Waals surface area contributed by atoms with Gasteiger partial charge < -0.3 is 15.6 Å². The Bertz CT molecular complexity index is 717. The lowest BCUT2D eigenvalue weighted by Crippen LogP contribution is -2.41. The highest BCUT2D eigenvalue weighted by Gasteiger charge is 2.32. The minimum Gasteiger partial charge on any atom is -0.348 e. The van der Waals surface area contributed by atoms with Crippen molar-refractivity contribution in [3.05, 3.63) is 53.1 Å². The molecule has 1 heterocycles. The first-order chi connectivity index (χ1) is 11.0. The molecule has 1 fully saturated rings. The number of rotatable bonds is 5. The number of halogens is 1. The summed E-state index contributed by atoms with van der Waals surface area (Å²) in [6.07, 6.45) is 2.27. The lowest BCUT2D eigenvalue weighted by molar-refractivity contribution is 0.0933. The van der Waals surface area contributed by atoms with Crippen LogP contribution in [-0.2, 0) is 0 Å². The molecule has 0 bridgehead atoms. The Morgan fingerprint density at radius 3 is 2.57 bits per heavy atom. The molecule has 0 saturated heterocycles. The Morgan fingerprint density at radius 2 is 2.00 bits per heavy atom. The van der Waals surface area contributed by atoms with E-state index in [9.17, 15) is 9.18 Å². The minimum absolute atomic E-state index is 0.0522. The fourth-order valence-corrected chi connectivity index (χ4v) is 3.09. The van der Waals surface area contributed by atoms with Crippen LogP contribution in [0.25, 0.3) is 5.69 Å². The first-order valence-electron chi connectivity index (χ1n) is 7.97. The number of carbonyl (C=O) groups is 1. The van der Waals surface area contributed by atoms with Crippen LogP contribution in [0.5, 0.6) is 0 Å². The maximum Gasteiger partial charge on any atom is 0.253 e. The Kier molecular flexibility index (Phi) is 4.22. The van der Waals surface area contributed by atoms with E-state index in [0.717, 1.165) is 29.9 Å². The summed E-state index contributed by atoms with van der Waals surface area (Å²) < 4.78 is 15.1. The van der Waals surface area contributed by atoms with Gasteiger partial charge in [0.2, 0.25) is 0 Å². The number of nitrogens with two attached hydrogens (primary N) is 1. The molecular weight excluding hydrogens is 293 g/mol. The van der Waals surface area contributed by atoms with Crippen molar-refractivity contribution in [2.75, 3.05) is 6.54 Å². The predicted molar refractivity (Wildman–Crippen MR) is 88.2 cm³/mol. The molecule has 0 radical (unpaired) electrons. The molecule has 0 aliphatic heterocycles. The standard InChI is InChI=1S/C18H22FN3O/c1-11-9-16(18(23)21-17(10-20)13-3-4-13)12(2)22(11)15-7-5-14(19)6-8-15/h5-9,13,17H,3-4,10,20H2,1-2H3,(H,21,23). The molecule has 1 aliphatic carbocycles. The van der Waals surface area contributed by atoms with E-state index >= 15 is 0 Å². The van der Waals surface area contributed by atoms with Crippen molar-refractivity contribution in [3.8, 4) is 5.69 Å². The van der Waals surface area contributed by atoms with Gasteiger partial charge in [-0.15, -0.1) is 0 Å². The number of hydrogen-bond donors (Lipinski definition) is 2. The third-order valence-electron chi connectivity index (χ3n) is 4.52. The highest BCUT2D eigenvalue weighted by atomic mass is 19.1. The van der Waals surface area contributed by atoms with Crippen molar-refractivity contribution >= 4 is 5.91 Å². The van der Waals surface area contributed by atoms with Gasteiger partial charge in [-0.1, -0.05) is 0 Å². The Morgan fingerprint density at radius 1 is 1.35 bits per heavy atom. The fourth-order valence-electron chi connectivity index (χ4n) is 3.09. The van der Waals surface area contributed by atoms with Gasteiger partial charge in [-0.25, -0.2) is 4.39 Å². The molecule has 3 N–H and O–H groups in total. The third kappa shape index (κ3) is 3.15. The number of benzene rings is 1. The second-order valence-corrected chi connectivity index (χ2v) is 6.25. The lowest BCUT2D eigenvalue weighted by Gasteiger charge is -2.16. The van der Waals surface area contributed by atoms with Crippen molar-refractivity contribution in [1.29, 1.82) is 0 Å². The summed E-state index contributed by atoms with van der Waals surface area (Å²) in [5.74, 6) is 0.155. The number of nitrogens with zero attached hydrogens (tertiary/aromatic N) is 1. The summed E-state index contributed by atoms with van der Waals surface area (Å²) in [5, 5.41) is 3.05. The van der Waals surface area contributed by atoms with Crippen molar-refractivity contribution < 1.29 is 9.18 Å². The van der Waals surface area contributed by atoms with E-state index in [-0.39, 0.29) is 17.8 Å². The molecule has 122 valence electrons. The Hall–Kier alpha value is -2.14. The first kappa shape index (κ1) is 15.7. The third-order valence-corrected chi connectivity index (χ3v) is 4.52. The topological polar surface area (TPSA) is 60.1 Å². The van der Waals surface area contributed by atoms with Gasteiger partial charge in [0.1, 0.15) is 5.82 Å². The van der Waals surface area contributed by atoms with Crippen LogP contribution in [-0.4, -0.2) is 23.1 Å². The normalized spacial score (nSPS) is 15.5. The fraction of sp³-hybridized carbons (Fsp3) is 0.389. The molecule has 2 aromatic rings. The van der Waals surface area contributed by atoms with Crippen molar-refractivity contribution in [1.82, 2.24) is 9.88 Å². The van der Waals surface area contributed by atoms with E-state index in [1.54, 1.807) is 12.1 Å². The maximum atomic E-state index is 13.1. The van der Waals surface area contributed by atoms with Crippen LogP contribution in [0.3, 0.4) is 0 Å². The maximum absolute atomic E-state index is 13.1. The number of nitrogens with one attached hydrogen (secondary N) is 1. The summed E-state index contributed by atoms with van der Waals surface area (Å²) >= 11 is 0. The Balaban J connectivity index is 1.87. The zero-order valence-electron chi connectivity index (χ0n) is 13.5. The summed E-state index contributed by atoms with van der Waals surface area (Å²) in [6.45, 7) is 4.31. The highest BCUT2D eigenvalue weighted by Crippen LogP contribution is 2.32. The largest absolute Gasteiger partial charge is 0.348 e. The van der Waals surface area contributed by atoms with Crippen molar-refractivity contribution in [2.45, 2.75) is 32.7 Å². The Labute approximate surface area is 135 Å². The van der Waals surface area contributed by atoms with Crippen molar-refractivity contribution in [3.63, 3.8) is 0 Å². The minimum atomic E-state index is -0.274. The van der Waals surface area contributed by atoms with Crippen LogP contribution < -0.4 is 11.1 Å². The number of aromatic nitrogens is 1. The summed E-state index contributed by atoms with van der Waals surface area (Å²) in [6, 6.07) is 8.19. The van der Waals surface area contributed by atoms with Crippen LogP contribution >= 0.6 is 0 Å². The molecule has 1 atom stereocenters. The highest BCUT2D eigenvalue weighted by molar-refractivity contribution is 5.96. The van der Waals surface area contributed by atoms with Gasteiger partial charge in [-0.3, -0.25) is 4.79 Å². The SMILES string of the molecule is Cc1cc(C(=O)NC(CN)C2CC2)c(C)n1-c1ccc(F)cc1. The van der Waals surface area contributed by atoms with E-state index < -0.39 is 0 Å². The zero-order valence-corrected chi connectivity index (χ0v) is 13.5. The quantitative estimate of drug-likeness (QED) is 0.891. The number of carbonyl (C=O) groups excluding carboxylic acids is 1. The lowest BCUT2D eigenvalue weighted by atomic mass is 10.1. The molecule has 3 rings (SSSR count). The smallest absolute Gasteiger partial charge is 0.253 e. The number of amides is 1. The van der Waals surface area contributed by atoms with Gasteiger partial charge in [0.05, 0.1) is 5.56 Å². The summed E-state index contributed by atoms with van der Waals surface area (Å²) in [4.78, 5) is 12.6. The molecule has 1 aliphatic rings. The molecule has 1 aromatic heterocycles. The van der Waals surface area contributed by atoms with E-state index in [2.05, 4.69) is 5.32 Å². The second kappa shape index (κ2) is 6.16. The average molecular weight is 315 g/mol. The number of aryl methyl sites for hydroxylation is 1. The van der Waals surface area contributed by atoms with Crippen LogP contribution in [0.15, 0.2) is 30.3 Å². The monoisotopic (exact) mass is 315 g/mol. The number of hydrogen-bond acceptors (Lipinski definition) is 2. The second-order valence-electron chi connectivity index (χ2n) is 6.25. The van der Waals surface area contributed by atoms with E-state index in [4.69, 9.17) is 5.73 Å². The summed E-state index contributed by atoms with van der Waals surface area (Å²) in [5.41, 5.74) is 9.04. The van der Waals surface area contributed by atoms with Gasteiger partial charge in [0.25, 0.3) is 5.91 Å². The van der Waals surface area contributed by atoms with Crippen LogP contribution in [0.4, 0.5) is 4.39 Å². The van der Waals surface area contributed by atoms with Gasteiger partial charge in [0, 0.05) is 29.7 Å². The molecular formula is C18H22FN3O. The zero-order chi connectivity index (χ0) is 16.6. The van der Waals surface area contributed by atoms with Crippen molar-refractivity contribution in [2.24, 2.45) is 11.7 Å². The molecule has 1 aromatic carbocycles. The predicted octanol–water partition coefficient (Wildman–Crippen LogP) is 2.70. The van der Waals surface area contributed by atoms with Crippen LogP contribution in [0.2, 0.25) is 0 Å². The molecule has 1 unspecified atom stereocenters. The first-order valence-corrected chi connectivity index (χ1v) is 7.97. The van der Waals surface area contributed by atoms with Gasteiger partial charge in [-0.2, -0.15) is 0 Å². The molecule has 5 heteroatoms. The van der Waals surface area contributed by atoms with E-state index in [1.807, 2.05) is 24.5 Å². The average Bonchev–Trinajstić information content (AvgIpc) is 3.32. The molecule has 0 spiro atoms. The van der Waals surface area contributed by atoms with Crippen LogP contribution in [0, 0.1) is 25.6 Å². The van der Waals surface area contributed by atoms with Gasteiger partial charge >= 0.3 is 0 Å². The van der Waals surface area contributed by atoms with Gasteiger partial charge in [-0.05, 0) is 62.9 Å². The molecule has 4 nitrogen and oxygen atoms in total. The summed E-state index contributed by atoms with van der Waals surface area (Å²) in [7, 11) is 0. The molecule has 1 amide bonds. The van der Waals surface area contributed by atoms with E-state index in [0.29, 0.717) is 18.0 Å². The molecule has 23 heavy (non-hydrogen) atoms. The van der Waals surface area contributed by atoms with Crippen LogP contribution in [0.1, 0.15) is 34.6 Å². The van der Waals surface area contributed by atoms with E-state index in [1.165, 1.54) is 12.1 Å². The molecule has 1 saturated carbocycles.